The molecule has 1 saturated heterocycles. The van der Waals surface area contributed by atoms with Crippen molar-refractivity contribution >= 4 is 0 Å². The van der Waals surface area contributed by atoms with Gasteiger partial charge in [0.05, 0.1) is 18.2 Å². The molecule has 152 valence electrons. The van der Waals surface area contributed by atoms with Gasteiger partial charge in [-0.3, -0.25) is 9.80 Å². The van der Waals surface area contributed by atoms with Crippen LogP contribution < -0.4 is 9.47 Å². The van der Waals surface area contributed by atoms with Gasteiger partial charge in [-0.2, -0.15) is 5.26 Å². The van der Waals surface area contributed by atoms with Crippen molar-refractivity contribution in [1.29, 1.82) is 5.26 Å². The van der Waals surface area contributed by atoms with Gasteiger partial charge >= 0.3 is 0 Å². The molecule has 6 nitrogen and oxygen atoms in total. The van der Waals surface area contributed by atoms with Gasteiger partial charge in [-0.1, -0.05) is 18.2 Å². The highest BCUT2D eigenvalue weighted by molar-refractivity contribution is 5.66. The first-order valence-corrected chi connectivity index (χ1v) is 10.2. The van der Waals surface area contributed by atoms with E-state index in [4.69, 9.17) is 13.9 Å². The van der Waals surface area contributed by atoms with E-state index in [0.717, 1.165) is 67.9 Å². The minimum Gasteiger partial charge on any atom is -0.460 e. The molecule has 0 radical (unpaired) electrons. The lowest BCUT2D eigenvalue weighted by atomic mass is 10.1. The predicted molar refractivity (Wildman–Crippen MR) is 112 cm³/mol. The smallest absolute Gasteiger partial charge is 0.231 e. The number of benzene rings is 2. The summed E-state index contributed by atoms with van der Waals surface area (Å²) in [5, 5.41) is 9.31. The van der Waals surface area contributed by atoms with Crippen molar-refractivity contribution in [3.8, 4) is 28.9 Å². The van der Waals surface area contributed by atoms with E-state index in [-0.39, 0.29) is 0 Å². The lowest BCUT2D eigenvalue weighted by Gasteiger charge is -2.34. The summed E-state index contributed by atoms with van der Waals surface area (Å²) in [6.07, 6.45) is 0. The number of hydrogen-bond acceptors (Lipinski definition) is 6. The van der Waals surface area contributed by atoms with Gasteiger partial charge < -0.3 is 13.9 Å². The van der Waals surface area contributed by atoms with Gasteiger partial charge in [0, 0.05) is 38.3 Å². The molecule has 0 amide bonds. The Morgan fingerprint density at radius 2 is 1.60 bits per heavy atom. The standard InChI is InChI=1S/C24H23N3O3/c25-14-19-3-1-2-4-21(19)22-8-6-20(30-22)16-27-11-9-26(10-12-27)15-18-5-7-23-24(13-18)29-17-28-23/h1-8,13H,9-12,15-17H2. The van der Waals surface area contributed by atoms with Gasteiger partial charge in [0.2, 0.25) is 6.79 Å². The number of fused-ring (bicyclic) bond motifs is 1. The van der Waals surface area contributed by atoms with Crippen molar-refractivity contribution in [3.63, 3.8) is 0 Å². The number of furan rings is 1. The van der Waals surface area contributed by atoms with Crippen LogP contribution in [0.15, 0.2) is 59.0 Å². The Morgan fingerprint density at radius 3 is 2.43 bits per heavy atom. The third-order valence-corrected chi connectivity index (χ3v) is 5.66. The Kier molecular flexibility index (Phi) is 5.14. The largest absolute Gasteiger partial charge is 0.460 e. The van der Waals surface area contributed by atoms with Gasteiger partial charge in [-0.25, -0.2) is 0 Å². The summed E-state index contributed by atoms with van der Waals surface area (Å²) in [5.74, 6) is 3.36. The Labute approximate surface area is 175 Å². The quantitative estimate of drug-likeness (QED) is 0.647. The number of hydrogen-bond donors (Lipinski definition) is 0. The molecule has 0 unspecified atom stereocenters. The van der Waals surface area contributed by atoms with Crippen LogP contribution in [0.5, 0.6) is 11.5 Å². The van der Waals surface area contributed by atoms with Crippen LogP contribution in [0.1, 0.15) is 16.9 Å². The van der Waals surface area contributed by atoms with Crippen LogP contribution in [-0.4, -0.2) is 42.8 Å². The first kappa shape index (κ1) is 18.7. The van der Waals surface area contributed by atoms with Gasteiger partial charge in [0.15, 0.2) is 11.5 Å². The fourth-order valence-corrected chi connectivity index (χ4v) is 4.03. The van der Waals surface area contributed by atoms with Crippen molar-refractivity contribution in [3.05, 3.63) is 71.5 Å². The second kappa shape index (κ2) is 8.23. The van der Waals surface area contributed by atoms with Crippen LogP contribution in [0.3, 0.4) is 0 Å². The summed E-state index contributed by atoms with van der Waals surface area (Å²) in [6.45, 7) is 6.03. The minimum atomic E-state index is 0.314. The van der Waals surface area contributed by atoms with Gasteiger partial charge in [-0.05, 0) is 42.0 Å². The Morgan fingerprint density at radius 1 is 0.833 bits per heavy atom. The van der Waals surface area contributed by atoms with Gasteiger partial charge in [0.1, 0.15) is 11.5 Å². The Hall–Kier alpha value is -3.27. The average Bonchev–Trinajstić information content (AvgIpc) is 3.44. The van der Waals surface area contributed by atoms with Gasteiger partial charge in [-0.15, -0.1) is 0 Å². The molecule has 6 heteroatoms. The Balaban J connectivity index is 1.16. The molecule has 2 aromatic carbocycles. The minimum absolute atomic E-state index is 0.314. The number of nitriles is 1. The maximum absolute atomic E-state index is 9.31. The molecule has 1 aromatic heterocycles. The zero-order chi connectivity index (χ0) is 20.3. The zero-order valence-electron chi connectivity index (χ0n) is 16.7. The topological polar surface area (TPSA) is 61.9 Å². The number of nitrogens with zero attached hydrogens (tertiary/aromatic N) is 3. The van der Waals surface area contributed by atoms with Crippen LogP contribution in [0, 0.1) is 11.3 Å². The SMILES string of the molecule is N#Cc1ccccc1-c1ccc(CN2CCN(Cc3ccc4c(c3)OCO4)CC2)o1. The van der Waals surface area contributed by atoms with E-state index >= 15 is 0 Å². The fraction of sp³-hybridized carbons (Fsp3) is 0.292. The lowest BCUT2D eigenvalue weighted by Crippen LogP contribution is -2.45. The zero-order valence-corrected chi connectivity index (χ0v) is 16.7. The summed E-state index contributed by atoms with van der Waals surface area (Å²) < 4.78 is 16.9. The second-order valence-corrected chi connectivity index (χ2v) is 7.66. The van der Waals surface area contributed by atoms with E-state index < -0.39 is 0 Å². The molecule has 0 N–H and O–H groups in total. The van der Waals surface area contributed by atoms with Crippen molar-refractivity contribution in [2.24, 2.45) is 0 Å². The average molecular weight is 401 g/mol. The Bertz CT molecular complexity index is 1080. The maximum atomic E-state index is 9.31. The summed E-state index contributed by atoms with van der Waals surface area (Å²) in [5.41, 5.74) is 2.73. The van der Waals surface area contributed by atoms with Crippen LogP contribution in [0.2, 0.25) is 0 Å². The van der Waals surface area contributed by atoms with E-state index in [1.54, 1.807) is 0 Å². The second-order valence-electron chi connectivity index (χ2n) is 7.66. The third kappa shape index (κ3) is 3.90. The van der Waals surface area contributed by atoms with Crippen LogP contribution in [-0.2, 0) is 13.1 Å². The summed E-state index contributed by atoms with van der Waals surface area (Å²) in [4.78, 5) is 4.87. The fourth-order valence-electron chi connectivity index (χ4n) is 4.03. The predicted octanol–water partition coefficient (Wildman–Crippen LogP) is 3.86. The number of piperazine rings is 1. The normalized spacial score (nSPS) is 16.5. The van der Waals surface area contributed by atoms with E-state index in [1.807, 2.05) is 42.5 Å². The maximum Gasteiger partial charge on any atom is 0.231 e. The van der Waals surface area contributed by atoms with Gasteiger partial charge in [0.25, 0.3) is 0 Å². The summed E-state index contributed by atoms with van der Waals surface area (Å²) in [7, 11) is 0. The number of rotatable bonds is 5. The molecule has 3 heterocycles. The molecular formula is C24H23N3O3. The van der Waals surface area contributed by atoms with E-state index in [0.29, 0.717) is 12.4 Å². The lowest BCUT2D eigenvalue weighted by molar-refractivity contribution is 0.116. The van der Waals surface area contributed by atoms with Crippen molar-refractivity contribution in [2.75, 3.05) is 33.0 Å². The molecule has 0 spiro atoms. The van der Waals surface area contributed by atoms with E-state index in [1.165, 1.54) is 5.56 Å². The monoisotopic (exact) mass is 401 g/mol. The van der Waals surface area contributed by atoms with Crippen LogP contribution >= 0.6 is 0 Å². The molecule has 30 heavy (non-hydrogen) atoms. The van der Waals surface area contributed by atoms with Crippen molar-refractivity contribution in [2.45, 2.75) is 13.1 Å². The molecule has 0 saturated carbocycles. The third-order valence-electron chi connectivity index (χ3n) is 5.66. The van der Waals surface area contributed by atoms with Crippen molar-refractivity contribution in [1.82, 2.24) is 9.80 Å². The molecule has 0 atom stereocenters. The molecule has 0 aliphatic carbocycles. The highest BCUT2D eigenvalue weighted by Crippen LogP contribution is 2.33. The van der Waals surface area contributed by atoms with Crippen molar-refractivity contribution < 1.29 is 13.9 Å². The molecule has 0 bridgehead atoms. The highest BCUT2D eigenvalue weighted by atomic mass is 16.7. The van der Waals surface area contributed by atoms with E-state index in [2.05, 4.69) is 28.0 Å². The molecule has 2 aliphatic heterocycles. The summed E-state index contributed by atoms with van der Waals surface area (Å²) >= 11 is 0. The molecule has 1 fully saturated rings. The van der Waals surface area contributed by atoms with E-state index in [9.17, 15) is 5.26 Å². The first-order chi connectivity index (χ1) is 14.8. The highest BCUT2D eigenvalue weighted by Gasteiger charge is 2.20. The van der Waals surface area contributed by atoms with Crippen LogP contribution in [0.4, 0.5) is 0 Å². The molecule has 5 rings (SSSR count). The molecule has 3 aromatic rings. The molecular weight excluding hydrogens is 378 g/mol. The first-order valence-electron chi connectivity index (χ1n) is 10.2. The molecule has 2 aliphatic rings. The summed E-state index contributed by atoms with van der Waals surface area (Å²) in [6, 6.07) is 19.9. The van der Waals surface area contributed by atoms with Crippen LogP contribution in [0.25, 0.3) is 11.3 Å². The number of ether oxygens (including phenoxy) is 2.